The van der Waals surface area contributed by atoms with Crippen molar-refractivity contribution in [2.75, 3.05) is 26.6 Å². The van der Waals surface area contributed by atoms with Crippen LogP contribution in [0.4, 0.5) is 0 Å². The van der Waals surface area contributed by atoms with Crippen LogP contribution in [0.25, 0.3) is 10.9 Å². The van der Waals surface area contributed by atoms with Gasteiger partial charge < -0.3 is 19.0 Å². The Balaban J connectivity index is 1.51. The zero-order valence-corrected chi connectivity index (χ0v) is 23.0. The molecule has 2 aliphatic rings. The predicted octanol–water partition coefficient (Wildman–Crippen LogP) is 5.45. The Labute approximate surface area is 218 Å². The lowest BCUT2D eigenvalue weighted by atomic mass is 9.82. The van der Waals surface area contributed by atoms with Crippen LogP contribution in [0.15, 0.2) is 40.0 Å². The number of H-pyrrole nitrogens is 1. The molecule has 2 fully saturated rings. The van der Waals surface area contributed by atoms with Gasteiger partial charge in [-0.3, -0.25) is 10.1 Å². The Morgan fingerprint density at radius 3 is 2.58 bits per heavy atom. The fourth-order valence-corrected chi connectivity index (χ4v) is 7.18. The van der Waals surface area contributed by atoms with Gasteiger partial charge in [0.2, 0.25) is 0 Å². The van der Waals surface area contributed by atoms with Crippen LogP contribution >= 0.6 is 11.8 Å². The fraction of sp³-hybridized carbons (Fsp3) is 0.552. The van der Waals surface area contributed by atoms with Gasteiger partial charge in [-0.05, 0) is 70.8 Å². The second-order valence-electron chi connectivity index (χ2n) is 10.6. The van der Waals surface area contributed by atoms with Crippen LogP contribution in [-0.4, -0.2) is 42.2 Å². The predicted molar refractivity (Wildman–Crippen MR) is 147 cm³/mol. The quantitative estimate of drug-likeness (QED) is 0.395. The van der Waals surface area contributed by atoms with E-state index in [4.69, 9.17) is 9.47 Å². The van der Waals surface area contributed by atoms with E-state index in [2.05, 4.69) is 59.0 Å². The van der Waals surface area contributed by atoms with Gasteiger partial charge in [0.15, 0.2) is 0 Å². The SMILES string of the molecule is COC1CCC([C@@H](C)n2c(C)c(C3(NCc4c(SC)cc(C)[nH]c4=O)COC3)c3ccccc32)CC1. The van der Waals surface area contributed by atoms with E-state index in [1.54, 1.807) is 11.8 Å². The number of rotatable bonds is 8. The zero-order chi connectivity index (χ0) is 25.4. The Bertz CT molecular complexity index is 1280. The maximum Gasteiger partial charge on any atom is 0.253 e. The van der Waals surface area contributed by atoms with Crippen molar-refractivity contribution in [1.29, 1.82) is 0 Å². The molecule has 7 heteroatoms. The standard InChI is InChI=1S/C29H39N3O3S/c1-18-14-26(36-5)24(28(33)31-18)15-30-29(16-35-17-29)27-20(3)32(25-9-7-6-8-23(25)27)19(2)21-10-12-22(34-4)13-11-21/h6-9,14,19,21-22,30H,10-13,15-17H2,1-5H3,(H,31,33)/t19-,21?,22?/m1/s1. The van der Waals surface area contributed by atoms with E-state index in [-0.39, 0.29) is 11.1 Å². The number of para-hydroxylation sites is 1. The molecule has 1 aliphatic carbocycles. The number of fused-ring (bicyclic) bond motifs is 1. The number of nitrogens with one attached hydrogen (secondary N) is 2. The van der Waals surface area contributed by atoms with Gasteiger partial charge in [0.25, 0.3) is 5.56 Å². The van der Waals surface area contributed by atoms with Crippen molar-refractivity contribution in [2.24, 2.45) is 5.92 Å². The smallest absolute Gasteiger partial charge is 0.253 e. The third-order valence-corrected chi connectivity index (χ3v) is 9.33. The molecule has 2 aromatic heterocycles. The number of hydrogen-bond acceptors (Lipinski definition) is 5. The summed E-state index contributed by atoms with van der Waals surface area (Å²) in [7, 11) is 1.84. The normalized spacial score (nSPS) is 22.5. The molecule has 1 aliphatic heterocycles. The van der Waals surface area contributed by atoms with Crippen molar-refractivity contribution in [3.63, 3.8) is 0 Å². The number of methoxy groups -OCH3 is 1. The zero-order valence-electron chi connectivity index (χ0n) is 22.1. The average molecular weight is 510 g/mol. The third-order valence-electron chi connectivity index (χ3n) is 8.53. The number of nitrogens with zero attached hydrogens (tertiary/aromatic N) is 1. The van der Waals surface area contributed by atoms with E-state index in [1.807, 2.05) is 20.3 Å². The summed E-state index contributed by atoms with van der Waals surface area (Å²) >= 11 is 1.62. The molecule has 36 heavy (non-hydrogen) atoms. The molecule has 5 rings (SSSR count). The van der Waals surface area contributed by atoms with Gasteiger partial charge in [0.1, 0.15) is 0 Å². The molecule has 194 valence electrons. The van der Waals surface area contributed by atoms with Crippen LogP contribution in [0.5, 0.6) is 0 Å². The highest BCUT2D eigenvalue weighted by Crippen LogP contribution is 2.43. The van der Waals surface area contributed by atoms with E-state index in [1.165, 1.54) is 35.0 Å². The first-order valence-corrected chi connectivity index (χ1v) is 14.3. The molecule has 1 atom stereocenters. The van der Waals surface area contributed by atoms with Crippen molar-refractivity contribution in [3.8, 4) is 0 Å². The monoisotopic (exact) mass is 509 g/mol. The number of thioether (sulfide) groups is 1. The molecule has 0 radical (unpaired) electrons. The number of ether oxygens (including phenoxy) is 2. The maximum atomic E-state index is 12.8. The summed E-state index contributed by atoms with van der Waals surface area (Å²) in [6.07, 6.45) is 7.10. The lowest BCUT2D eigenvalue weighted by molar-refractivity contribution is -0.0794. The van der Waals surface area contributed by atoms with E-state index in [0.29, 0.717) is 37.8 Å². The topological polar surface area (TPSA) is 68.3 Å². The first-order chi connectivity index (χ1) is 17.4. The summed E-state index contributed by atoms with van der Waals surface area (Å²) in [4.78, 5) is 16.8. The third kappa shape index (κ3) is 4.44. The molecule has 0 unspecified atom stereocenters. The second kappa shape index (κ2) is 10.4. The van der Waals surface area contributed by atoms with Crippen molar-refractivity contribution in [3.05, 3.63) is 63.2 Å². The summed E-state index contributed by atoms with van der Waals surface area (Å²) in [6.45, 7) is 8.29. The minimum absolute atomic E-state index is 0.0123. The minimum atomic E-state index is -0.310. The summed E-state index contributed by atoms with van der Waals surface area (Å²) in [5.74, 6) is 0.635. The Morgan fingerprint density at radius 1 is 1.22 bits per heavy atom. The first kappa shape index (κ1) is 25.6. The molecular weight excluding hydrogens is 470 g/mol. The van der Waals surface area contributed by atoms with E-state index in [0.717, 1.165) is 29.0 Å². The number of aromatic amines is 1. The molecule has 0 bridgehead atoms. The van der Waals surface area contributed by atoms with Crippen molar-refractivity contribution in [1.82, 2.24) is 14.9 Å². The van der Waals surface area contributed by atoms with Gasteiger partial charge >= 0.3 is 0 Å². The van der Waals surface area contributed by atoms with Crippen molar-refractivity contribution >= 4 is 22.7 Å². The van der Waals surface area contributed by atoms with E-state index < -0.39 is 0 Å². The van der Waals surface area contributed by atoms with Gasteiger partial charge in [-0.2, -0.15) is 0 Å². The highest BCUT2D eigenvalue weighted by Gasteiger charge is 2.44. The molecule has 6 nitrogen and oxygen atoms in total. The summed E-state index contributed by atoms with van der Waals surface area (Å²) < 4.78 is 14.0. The van der Waals surface area contributed by atoms with E-state index >= 15 is 0 Å². The van der Waals surface area contributed by atoms with Crippen LogP contribution < -0.4 is 10.9 Å². The molecular formula is C29H39N3O3S. The molecule has 3 heterocycles. The largest absolute Gasteiger partial charge is 0.381 e. The Morgan fingerprint density at radius 2 is 1.94 bits per heavy atom. The molecule has 1 saturated heterocycles. The number of benzene rings is 1. The van der Waals surface area contributed by atoms with Crippen molar-refractivity contribution in [2.45, 2.75) is 75.6 Å². The van der Waals surface area contributed by atoms with E-state index in [9.17, 15) is 4.79 Å². The lowest BCUT2D eigenvalue weighted by Crippen LogP contribution is -2.57. The van der Waals surface area contributed by atoms with Crippen LogP contribution in [0, 0.1) is 19.8 Å². The fourth-order valence-electron chi connectivity index (χ4n) is 6.47. The van der Waals surface area contributed by atoms with Crippen LogP contribution in [-0.2, 0) is 21.6 Å². The summed E-state index contributed by atoms with van der Waals surface area (Å²) in [6, 6.07) is 11.2. The Hall–Kier alpha value is -2.06. The number of hydrogen-bond donors (Lipinski definition) is 2. The molecule has 0 spiro atoms. The maximum absolute atomic E-state index is 12.8. The number of aryl methyl sites for hydroxylation is 1. The average Bonchev–Trinajstić information content (AvgIpc) is 3.15. The molecule has 2 N–H and O–H groups in total. The van der Waals surface area contributed by atoms with Gasteiger partial charge in [-0.25, -0.2) is 0 Å². The number of pyridine rings is 1. The number of aromatic nitrogens is 2. The molecule has 3 aromatic rings. The Kier molecular flexibility index (Phi) is 7.37. The summed E-state index contributed by atoms with van der Waals surface area (Å²) in [5, 5.41) is 5.07. The second-order valence-corrected chi connectivity index (χ2v) is 11.5. The van der Waals surface area contributed by atoms with Crippen LogP contribution in [0.2, 0.25) is 0 Å². The minimum Gasteiger partial charge on any atom is -0.381 e. The highest BCUT2D eigenvalue weighted by atomic mass is 32.2. The molecule has 1 aromatic carbocycles. The van der Waals surface area contributed by atoms with Gasteiger partial charge in [-0.15, -0.1) is 11.8 Å². The van der Waals surface area contributed by atoms with Crippen LogP contribution in [0.1, 0.15) is 61.2 Å². The van der Waals surface area contributed by atoms with Crippen LogP contribution in [0.3, 0.4) is 0 Å². The van der Waals surface area contributed by atoms with Crippen molar-refractivity contribution < 1.29 is 9.47 Å². The van der Waals surface area contributed by atoms with Gasteiger partial charge in [0.05, 0.1) is 24.9 Å². The molecule has 1 saturated carbocycles. The highest BCUT2D eigenvalue weighted by molar-refractivity contribution is 7.98. The first-order valence-electron chi connectivity index (χ1n) is 13.1. The van der Waals surface area contributed by atoms with Gasteiger partial charge in [0, 0.05) is 58.0 Å². The lowest BCUT2D eigenvalue weighted by Gasteiger charge is -2.43. The summed E-state index contributed by atoms with van der Waals surface area (Å²) in [5.41, 5.74) is 5.27. The molecule has 0 amide bonds. The van der Waals surface area contributed by atoms with Gasteiger partial charge in [-0.1, -0.05) is 18.2 Å².